The summed E-state index contributed by atoms with van der Waals surface area (Å²) in [5, 5.41) is 7.71. The summed E-state index contributed by atoms with van der Waals surface area (Å²) in [6.07, 6.45) is 0.650. The van der Waals surface area contributed by atoms with Crippen molar-refractivity contribution in [3.05, 3.63) is 58.5 Å². The molecule has 2 heterocycles. The zero-order valence-electron chi connectivity index (χ0n) is 18.0. The minimum absolute atomic E-state index is 0.229. The van der Waals surface area contributed by atoms with Crippen molar-refractivity contribution in [2.24, 2.45) is 7.05 Å². The number of hydrogen-bond donors (Lipinski definition) is 2. The molecule has 2 aromatic heterocycles. The Kier molecular flexibility index (Phi) is 6.18. The number of rotatable bonds is 7. The Morgan fingerprint density at radius 3 is 2.75 bits per heavy atom. The van der Waals surface area contributed by atoms with Gasteiger partial charge >= 0.3 is 0 Å². The third-order valence-corrected chi connectivity index (χ3v) is 5.68. The van der Waals surface area contributed by atoms with Crippen molar-refractivity contribution >= 4 is 39.9 Å². The van der Waals surface area contributed by atoms with Crippen LogP contribution < -0.4 is 15.4 Å². The van der Waals surface area contributed by atoms with Crippen LogP contribution in [0.25, 0.3) is 22.4 Å². The number of nitrogens with zero attached hydrogens (tertiary/aromatic N) is 3. The Morgan fingerprint density at radius 1 is 1.22 bits per heavy atom. The normalized spacial score (nSPS) is 10.8. The smallest absolute Gasteiger partial charge is 0.251 e. The van der Waals surface area contributed by atoms with Crippen molar-refractivity contribution in [3.63, 3.8) is 0 Å². The van der Waals surface area contributed by atoms with E-state index < -0.39 is 0 Å². The summed E-state index contributed by atoms with van der Waals surface area (Å²) in [5.74, 6) is 0.891. The van der Waals surface area contributed by atoms with Gasteiger partial charge in [-0.3, -0.25) is 9.59 Å². The number of benzene rings is 2. The molecule has 0 atom stereocenters. The SMILES string of the molecule is COc1ccccc1-c1nc2cc(C(=O)NCCc3cscn3)cc(NC(C)=O)c2n1C. The quantitative estimate of drug-likeness (QED) is 0.449. The average molecular weight is 450 g/mol. The first-order valence-electron chi connectivity index (χ1n) is 10.0. The van der Waals surface area contributed by atoms with Crippen LogP contribution in [-0.4, -0.2) is 40.0 Å². The lowest BCUT2D eigenvalue weighted by molar-refractivity contribution is -0.114. The standard InChI is InChI=1S/C23H23N5O3S/c1-14(29)26-18-10-15(23(30)24-9-8-16-12-32-13-25-16)11-19-21(18)28(2)22(27-19)17-6-4-5-7-20(17)31-3/h4-7,10-13H,8-9H2,1-3H3,(H,24,30)(H,26,29). The average Bonchev–Trinajstić information content (AvgIpc) is 3.41. The van der Waals surface area contributed by atoms with E-state index in [0.717, 1.165) is 16.8 Å². The molecule has 9 heteroatoms. The number of nitrogens with one attached hydrogen (secondary N) is 2. The molecule has 8 nitrogen and oxygen atoms in total. The van der Waals surface area contributed by atoms with Gasteiger partial charge in [-0.15, -0.1) is 11.3 Å². The van der Waals surface area contributed by atoms with Gasteiger partial charge in [0, 0.05) is 37.9 Å². The molecule has 0 saturated carbocycles. The van der Waals surface area contributed by atoms with Crippen LogP contribution in [0.15, 0.2) is 47.3 Å². The summed E-state index contributed by atoms with van der Waals surface area (Å²) in [6, 6.07) is 11.0. The zero-order valence-corrected chi connectivity index (χ0v) is 18.8. The molecule has 4 aromatic rings. The van der Waals surface area contributed by atoms with Crippen LogP contribution in [-0.2, 0) is 18.3 Å². The largest absolute Gasteiger partial charge is 0.496 e. The highest BCUT2D eigenvalue weighted by molar-refractivity contribution is 7.07. The number of fused-ring (bicyclic) bond motifs is 1. The van der Waals surface area contributed by atoms with E-state index in [1.807, 2.05) is 41.3 Å². The molecule has 0 aliphatic heterocycles. The molecule has 2 aromatic carbocycles. The Bertz CT molecular complexity index is 1280. The number of aryl methyl sites for hydroxylation is 1. The number of para-hydroxylation sites is 1. The van der Waals surface area contributed by atoms with E-state index >= 15 is 0 Å². The fourth-order valence-corrected chi connectivity index (χ4v) is 4.20. The highest BCUT2D eigenvalue weighted by Gasteiger charge is 2.19. The number of aromatic nitrogens is 3. The zero-order chi connectivity index (χ0) is 22.7. The minimum atomic E-state index is -0.238. The molecule has 0 aliphatic carbocycles. The summed E-state index contributed by atoms with van der Waals surface area (Å²) in [5.41, 5.74) is 5.79. The van der Waals surface area contributed by atoms with E-state index in [1.54, 1.807) is 24.8 Å². The van der Waals surface area contributed by atoms with Gasteiger partial charge < -0.3 is 19.9 Å². The maximum Gasteiger partial charge on any atom is 0.251 e. The van der Waals surface area contributed by atoms with E-state index in [1.165, 1.54) is 18.3 Å². The topological polar surface area (TPSA) is 98.1 Å². The fourth-order valence-electron chi connectivity index (χ4n) is 3.61. The monoisotopic (exact) mass is 449 g/mol. The number of amides is 2. The molecule has 0 spiro atoms. The van der Waals surface area contributed by atoms with Crippen molar-refractivity contribution in [2.45, 2.75) is 13.3 Å². The molecular weight excluding hydrogens is 426 g/mol. The lowest BCUT2D eigenvalue weighted by atomic mass is 10.1. The van der Waals surface area contributed by atoms with Crippen LogP contribution in [0.1, 0.15) is 23.0 Å². The highest BCUT2D eigenvalue weighted by atomic mass is 32.1. The first-order chi connectivity index (χ1) is 15.5. The molecule has 164 valence electrons. The molecule has 0 unspecified atom stereocenters. The van der Waals surface area contributed by atoms with Gasteiger partial charge in [0.25, 0.3) is 5.91 Å². The third-order valence-electron chi connectivity index (χ3n) is 5.04. The number of imidazole rings is 1. The maximum absolute atomic E-state index is 12.8. The van der Waals surface area contributed by atoms with E-state index in [2.05, 4.69) is 15.6 Å². The second-order valence-corrected chi connectivity index (χ2v) is 7.97. The number of methoxy groups -OCH3 is 1. The molecule has 0 saturated heterocycles. The van der Waals surface area contributed by atoms with Crippen molar-refractivity contribution in [3.8, 4) is 17.1 Å². The number of anilines is 1. The second-order valence-electron chi connectivity index (χ2n) is 7.25. The minimum Gasteiger partial charge on any atom is -0.496 e. The van der Waals surface area contributed by atoms with Crippen LogP contribution in [0, 0.1) is 0 Å². The number of carbonyl (C=O) groups excluding carboxylic acids is 2. The van der Waals surface area contributed by atoms with E-state index in [-0.39, 0.29) is 11.8 Å². The summed E-state index contributed by atoms with van der Waals surface area (Å²) in [7, 11) is 3.48. The predicted octanol–water partition coefficient (Wildman–Crippen LogP) is 3.64. The van der Waals surface area contributed by atoms with Crippen molar-refractivity contribution in [2.75, 3.05) is 19.0 Å². The maximum atomic E-state index is 12.8. The van der Waals surface area contributed by atoms with Crippen LogP contribution in [0.2, 0.25) is 0 Å². The summed E-state index contributed by atoms with van der Waals surface area (Å²) in [6.45, 7) is 1.90. The lowest BCUT2D eigenvalue weighted by Gasteiger charge is -2.11. The van der Waals surface area contributed by atoms with Gasteiger partial charge in [-0.2, -0.15) is 0 Å². The van der Waals surface area contributed by atoms with E-state index in [4.69, 9.17) is 9.72 Å². The lowest BCUT2D eigenvalue weighted by Crippen LogP contribution is -2.26. The highest BCUT2D eigenvalue weighted by Crippen LogP contribution is 2.34. The first-order valence-corrected chi connectivity index (χ1v) is 11.0. The first kappa shape index (κ1) is 21.5. The molecule has 0 bridgehead atoms. The Labute approximate surface area is 189 Å². The fraction of sp³-hybridized carbons (Fsp3) is 0.217. The number of hydrogen-bond acceptors (Lipinski definition) is 6. The molecule has 2 amide bonds. The van der Waals surface area contributed by atoms with Crippen molar-refractivity contribution in [1.82, 2.24) is 19.9 Å². The van der Waals surface area contributed by atoms with Crippen LogP contribution in [0.4, 0.5) is 5.69 Å². The van der Waals surface area contributed by atoms with Gasteiger partial charge in [-0.1, -0.05) is 12.1 Å². The number of thiazole rings is 1. The van der Waals surface area contributed by atoms with Gasteiger partial charge in [-0.25, -0.2) is 9.97 Å². The molecule has 2 N–H and O–H groups in total. The van der Waals surface area contributed by atoms with Gasteiger partial charge in [-0.05, 0) is 24.3 Å². The molecule has 32 heavy (non-hydrogen) atoms. The van der Waals surface area contributed by atoms with Crippen LogP contribution >= 0.6 is 11.3 Å². The van der Waals surface area contributed by atoms with Gasteiger partial charge in [0.2, 0.25) is 5.91 Å². The molecule has 0 fully saturated rings. The van der Waals surface area contributed by atoms with Crippen LogP contribution in [0.3, 0.4) is 0 Å². The van der Waals surface area contributed by atoms with Crippen molar-refractivity contribution < 1.29 is 14.3 Å². The summed E-state index contributed by atoms with van der Waals surface area (Å²) in [4.78, 5) is 33.7. The Balaban J connectivity index is 1.72. The molecule has 0 aliphatic rings. The van der Waals surface area contributed by atoms with Gasteiger partial charge in [0.05, 0.1) is 40.6 Å². The third kappa shape index (κ3) is 4.33. The van der Waals surface area contributed by atoms with Gasteiger partial charge in [0.15, 0.2) is 0 Å². The van der Waals surface area contributed by atoms with E-state index in [9.17, 15) is 9.59 Å². The number of carbonyl (C=O) groups is 2. The summed E-state index contributed by atoms with van der Waals surface area (Å²) < 4.78 is 7.38. The molecule has 0 radical (unpaired) electrons. The summed E-state index contributed by atoms with van der Waals surface area (Å²) >= 11 is 1.52. The van der Waals surface area contributed by atoms with E-state index in [0.29, 0.717) is 41.3 Å². The van der Waals surface area contributed by atoms with Gasteiger partial charge in [0.1, 0.15) is 11.6 Å². The van der Waals surface area contributed by atoms with Crippen LogP contribution in [0.5, 0.6) is 5.75 Å². The Hall–Kier alpha value is -3.72. The predicted molar refractivity (Wildman–Crippen MR) is 125 cm³/mol. The van der Waals surface area contributed by atoms with Crippen molar-refractivity contribution in [1.29, 1.82) is 0 Å². The number of ether oxygens (including phenoxy) is 1. The Morgan fingerprint density at radius 2 is 2.03 bits per heavy atom. The molecule has 4 rings (SSSR count). The molecular formula is C23H23N5O3S. The second kappa shape index (κ2) is 9.19.